The van der Waals surface area contributed by atoms with Gasteiger partial charge in [-0.1, -0.05) is 13.8 Å². The van der Waals surface area contributed by atoms with E-state index < -0.39 is 5.54 Å². The monoisotopic (exact) mass is 240 g/mol. The predicted molar refractivity (Wildman–Crippen MR) is 71.9 cm³/mol. The number of likely N-dealkylation sites (N-methyl/N-ethyl adjacent to an activating group) is 1. The molecular formula is C14H28N2O. The Kier molecular flexibility index (Phi) is 2.96. The number of carbonyl (C=O) groups excluding carboxylic acids is 1. The van der Waals surface area contributed by atoms with Gasteiger partial charge in [0, 0.05) is 16.5 Å². The molecule has 1 amide bonds. The first-order valence-corrected chi connectivity index (χ1v) is 6.37. The molecule has 3 nitrogen and oxygen atoms in total. The molecule has 0 radical (unpaired) electrons. The highest BCUT2D eigenvalue weighted by atomic mass is 16.2. The Labute approximate surface area is 106 Å². The van der Waals surface area contributed by atoms with Crippen LogP contribution in [0.2, 0.25) is 0 Å². The summed E-state index contributed by atoms with van der Waals surface area (Å²) in [6.07, 6.45) is 0. The van der Waals surface area contributed by atoms with Crippen molar-refractivity contribution in [3.8, 4) is 0 Å². The summed E-state index contributed by atoms with van der Waals surface area (Å²) < 4.78 is 0. The van der Waals surface area contributed by atoms with Crippen LogP contribution in [0.5, 0.6) is 0 Å². The van der Waals surface area contributed by atoms with E-state index in [0.29, 0.717) is 0 Å². The highest BCUT2D eigenvalue weighted by molar-refractivity contribution is 5.91. The van der Waals surface area contributed by atoms with Gasteiger partial charge in [0.1, 0.15) is 5.54 Å². The number of likely N-dealkylation sites (tertiary alicyclic amines) is 1. The topological polar surface area (TPSA) is 32.3 Å². The fraction of sp³-hybridized carbons (Fsp3) is 0.929. The van der Waals surface area contributed by atoms with E-state index in [-0.39, 0.29) is 22.4 Å². The van der Waals surface area contributed by atoms with Crippen LogP contribution in [-0.2, 0) is 4.79 Å². The highest BCUT2D eigenvalue weighted by Crippen LogP contribution is 2.53. The van der Waals surface area contributed by atoms with Gasteiger partial charge in [0.2, 0.25) is 5.91 Å². The van der Waals surface area contributed by atoms with Crippen molar-refractivity contribution in [3.63, 3.8) is 0 Å². The van der Waals surface area contributed by atoms with Gasteiger partial charge in [-0.25, -0.2) is 0 Å². The maximum Gasteiger partial charge on any atom is 0.244 e. The lowest BCUT2D eigenvalue weighted by atomic mass is 9.65. The lowest BCUT2D eigenvalue weighted by Crippen LogP contribution is -2.57. The average Bonchev–Trinajstić information content (AvgIpc) is 2.21. The van der Waals surface area contributed by atoms with Crippen molar-refractivity contribution in [3.05, 3.63) is 0 Å². The Bertz CT molecular complexity index is 339. The van der Waals surface area contributed by atoms with Crippen LogP contribution in [0.25, 0.3) is 0 Å². The van der Waals surface area contributed by atoms with Gasteiger partial charge in [-0.3, -0.25) is 4.79 Å². The van der Waals surface area contributed by atoms with E-state index in [1.165, 1.54) is 0 Å². The van der Waals surface area contributed by atoms with Crippen molar-refractivity contribution in [1.29, 1.82) is 0 Å². The number of nitrogens with zero attached hydrogens (tertiary/aromatic N) is 1. The second kappa shape index (κ2) is 3.47. The zero-order valence-corrected chi connectivity index (χ0v) is 12.9. The number of hydrogen-bond acceptors (Lipinski definition) is 2. The van der Waals surface area contributed by atoms with E-state index in [1.807, 2.05) is 18.9 Å². The summed E-state index contributed by atoms with van der Waals surface area (Å²) in [6.45, 7) is 17.0. The third-order valence-corrected chi connectivity index (χ3v) is 5.14. The minimum atomic E-state index is -0.510. The van der Waals surface area contributed by atoms with Gasteiger partial charge >= 0.3 is 0 Å². The molecule has 3 heteroatoms. The van der Waals surface area contributed by atoms with Crippen molar-refractivity contribution < 1.29 is 4.79 Å². The Hall–Kier alpha value is -0.570. The smallest absolute Gasteiger partial charge is 0.244 e. The van der Waals surface area contributed by atoms with Crippen molar-refractivity contribution in [2.75, 3.05) is 7.05 Å². The largest absolute Gasteiger partial charge is 0.331 e. The molecule has 1 unspecified atom stereocenters. The number of carbonyl (C=O) groups is 1. The minimum absolute atomic E-state index is 0.140. The van der Waals surface area contributed by atoms with Crippen molar-refractivity contribution in [2.45, 2.75) is 72.0 Å². The van der Waals surface area contributed by atoms with Crippen LogP contribution in [0.15, 0.2) is 0 Å². The van der Waals surface area contributed by atoms with Gasteiger partial charge in [-0.2, -0.15) is 0 Å². The Balaban J connectivity index is 3.46. The lowest BCUT2D eigenvalue weighted by molar-refractivity contribution is -0.140. The van der Waals surface area contributed by atoms with Crippen molar-refractivity contribution in [2.24, 2.45) is 5.41 Å². The van der Waals surface area contributed by atoms with Crippen LogP contribution < -0.4 is 5.32 Å². The number of hydrogen-bond donors (Lipinski definition) is 1. The molecule has 1 saturated heterocycles. The Morgan fingerprint density at radius 2 is 1.47 bits per heavy atom. The molecule has 1 fully saturated rings. The third kappa shape index (κ3) is 1.55. The first-order valence-electron chi connectivity index (χ1n) is 6.37. The molecule has 1 aliphatic heterocycles. The molecule has 1 N–H and O–H groups in total. The maximum absolute atomic E-state index is 12.8. The van der Waals surface area contributed by atoms with E-state index >= 15 is 0 Å². The third-order valence-electron chi connectivity index (χ3n) is 5.14. The zero-order chi connectivity index (χ0) is 13.9. The SMILES string of the molecule is CNC1(C)C(=O)N(C(C)(C)C)C(C)(C)C1(C)C. The van der Waals surface area contributed by atoms with E-state index in [4.69, 9.17) is 0 Å². The molecule has 0 spiro atoms. The van der Waals surface area contributed by atoms with Crippen molar-refractivity contribution in [1.82, 2.24) is 10.2 Å². The van der Waals surface area contributed by atoms with Crippen LogP contribution in [0, 0.1) is 5.41 Å². The summed E-state index contributed by atoms with van der Waals surface area (Å²) in [5.41, 5.74) is -0.991. The minimum Gasteiger partial charge on any atom is -0.331 e. The number of nitrogens with one attached hydrogen (secondary N) is 1. The number of amides is 1. The van der Waals surface area contributed by atoms with Gasteiger partial charge in [0.15, 0.2) is 0 Å². The molecule has 0 aromatic rings. The molecule has 1 atom stereocenters. The van der Waals surface area contributed by atoms with Crippen LogP contribution in [0.4, 0.5) is 0 Å². The molecule has 0 aliphatic carbocycles. The van der Waals surface area contributed by atoms with Gasteiger partial charge in [0.05, 0.1) is 0 Å². The molecule has 17 heavy (non-hydrogen) atoms. The quantitative estimate of drug-likeness (QED) is 0.763. The standard InChI is InChI=1S/C14H28N2O/c1-11(2,3)16-10(17)14(8,15-9)12(4,5)13(16,6)7/h15H,1-9H3. The van der Waals surface area contributed by atoms with Gasteiger partial charge in [-0.15, -0.1) is 0 Å². The molecule has 1 aliphatic rings. The molecule has 100 valence electrons. The van der Waals surface area contributed by atoms with Crippen LogP contribution in [0.3, 0.4) is 0 Å². The van der Waals surface area contributed by atoms with Gasteiger partial charge in [0.25, 0.3) is 0 Å². The molecule has 1 heterocycles. The fourth-order valence-corrected chi connectivity index (χ4v) is 3.20. The first kappa shape index (κ1) is 14.5. The van der Waals surface area contributed by atoms with E-state index in [0.717, 1.165) is 0 Å². The molecule has 0 aromatic carbocycles. The molecule has 0 bridgehead atoms. The van der Waals surface area contributed by atoms with E-state index in [1.54, 1.807) is 0 Å². The zero-order valence-electron chi connectivity index (χ0n) is 12.9. The lowest BCUT2D eigenvalue weighted by Gasteiger charge is -2.48. The fourth-order valence-electron chi connectivity index (χ4n) is 3.20. The summed E-state index contributed by atoms with van der Waals surface area (Å²) in [5.74, 6) is 0.197. The first-order chi connectivity index (χ1) is 7.34. The van der Waals surface area contributed by atoms with Crippen LogP contribution in [0.1, 0.15) is 55.4 Å². The van der Waals surface area contributed by atoms with Crippen molar-refractivity contribution >= 4 is 5.91 Å². The normalized spacial score (nSPS) is 32.1. The second-order valence-corrected chi connectivity index (χ2v) is 7.37. The number of rotatable bonds is 1. The highest BCUT2D eigenvalue weighted by Gasteiger charge is 2.66. The summed E-state index contributed by atoms with van der Waals surface area (Å²) in [6, 6.07) is 0. The summed E-state index contributed by atoms with van der Waals surface area (Å²) >= 11 is 0. The molecule has 0 saturated carbocycles. The Morgan fingerprint density at radius 1 is 1.06 bits per heavy atom. The van der Waals surface area contributed by atoms with E-state index in [2.05, 4.69) is 53.8 Å². The Morgan fingerprint density at radius 3 is 1.65 bits per heavy atom. The summed E-state index contributed by atoms with van der Waals surface area (Å²) in [7, 11) is 1.88. The van der Waals surface area contributed by atoms with Crippen LogP contribution in [-0.4, -0.2) is 34.5 Å². The second-order valence-electron chi connectivity index (χ2n) is 7.37. The van der Waals surface area contributed by atoms with Gasteiger partial charge < -0.3 is 10.2 Å². The maximum atomic E-state index is 12.8. The molecule has 1 rings (SSSR count). The van der Waals surface area contributed by atoms with Gasteiger partial charge in [-0.05, 0) is 48.6 Å². The molecular weight excluding hydrogens is 212 g/mol. The summed E-state index contributed by atoms with van der Waals surface area (Å²) in [5, 5.41) is 3.25. The van der Waals surface area contributed by atoms with Crippen LogP contribution >= 0.6 is 0 Å². The average molecular weight is 240 g/mol. The molecule has 0 aromatic heterocycles. The van der Waals surface area contributed by atoms with E-state index in [9.17, 15) is 4.79 Å². The predicted octanol–water partition coefficient (Wildman–Crippen LogP) is 2.41. The summed E-state index contributed by atoms with van der Waals surface area (Å²) in [4.78, 5) is 14.8.